The van der Waals surface area contributed by atoms with Gasteiger partial charge in [-0.3, -0.25) is 4.79 Å². The summed E-state index contributed by atoms with van der Waals surface area (Å²) < 4.78 is 0. The molecule has 0 spiro atoms. The van der Waals surface area contributed by atoms with Crippen LogP contribution in [0.4, 0.5) is 0 Å². The second-order valence-electron chi connectivity index (χ2n) is 7.40. The highest BCUT2D eigenvalue weighted by Crippen LogP contribution is 2.28. The Kier molecular flexibility index (Phi) is 5.34. The van der Waals surface area contributed by atoms with Crippen molar-refractivity contribution >= 4 is 22.8 Å². The van der Waals surface area contributed by atoms with Gasteiger partial charge in [0.05, 0.1) is 0 Å². The molecule has 3 aromatic carbocycles. The molecule has 0 bridgehead atoms. The summed E-state index contributed by atoms with van der Waals surface area (Å²) in [7, 11) is 0. The number of rotatable bonds is 6. The first-order chi connectivity index (χ1) is 13.3. The highest BCUT2D eigenvalue weighted by atomic mass is 16.2. The second kappa shape index (κ2) is 8.22. The Labute approximate surface area is 161 Å². The van der Waals surface area contributed by atoms with Gasteiger partial charge < -0.3 is 4.90 Å². The van der Waals surface area contributed by atoms with Gasteiger partial charge in [0.25, 0.3) is 0 Å². The highest BCUT2D eigenvalue weighted by Gasteiger charge is 2.22. The van der Waals surface area contributed by atoms with Crippen LogP contribution < -0.4 is 0 Å². The smallest absolute Gasteiger partial charge is 0.246 e. The van der Waals surface area contributed by atoms with Crippen LogP contribution >= 0.6 is 0 Å². The van der Waals surface area contributed by atoms with E-state index in [4.69, 9.17) is 0 Å². The molecule has 0 N–H and O–H groups in total. The fourth-order valence-corrected chi connectivity index (χ4v) is 3.69. The molecular formula is C25H25NO. The SMILES string of the molecule is O=C(/C=C/c1cccc2ccccc12)N(Cc1ccccc1)CC1CCC1. The van der Waals surface area contributed by atoms with E-state index in [1.54, 1.807) is 6.08 Å². The van der Waals surface area contributed by atoms with Gasteiger partial charge in [-0.1, -0.05) is 79.2 Å². The summed E-state index contributed by atoms with van der Waals surface area (Å²) in [5, 5.41) is 2.38. The molecule has 0 radical (unpaired) electrons. The predicted octanol–water partition coefficient (Wildman–Crippen LogP) is 5.68. The predicted molar refractivity (Wildman–Crippen MR) is 112 cm³/mol. The first-order valence-corrected chi connectivity index (χ1v) is 9.78. The highest BCUT2D eigenvalue weighted by molar-refractivity contribution is 5.96. The first-order valence-electron chi connectivity index (χ1n) is 9.78. The lowest BCUT2D eigenvalue weighted by molar-refractivity contribution is -0.127. The van der Waals surface area contributed by atoms with E-state index in [1.807, 2.05) is 47.4 Å². The summed E-state index contributed by atoms with van der Waals surface area (Å²) in [6.45, 7) is 1.53. The van der Waals surface area contributed by atoms with Gasteiger partial charge in [0.2, 0.25) is 5.91 Å². The monoisotopic (exact) mass is 355 g/mol. The van der Waals surface area contributed by atoms with Gasteiger partial charge in [0.15, 0.2) is 0 Å². The molecule has 136 valence electrons. The van der Waals surface area contributed by atoms with Crippen LogP contribution in [0.2, 0.25) is 0 Å². The van der Waals surface area contributed by atoms with Crippen LogP contribution in [0.5, 0.6) is 0 Å². The van der Waals surface area contributed by atoms with E-state index in [0.717, 1.165) is 12.1 Å². The van der Waals surface area contributed by atoms with Crippen molar-refractivity contribution in [2.24, 2.45) is 5.92 Å². The molecule has 1 aliphatic rings. The maximum absolute atomic E-state index is 13.0. The Morgan fingerprint density at radius 3 is 2.44 bits per heavy atom. The molecule has 1 aliphatic carbocycles. The lowest BCUT2D eigenvalue weighted by Crippen LogP contribution is -2.36. The van der Waals surface area contributed by atoms with E-state index < -0.39 is 0 Å². The number of amides is 1. The van der Waals surface area contributed by atoms with Crippen molar-refractivity contribution in [1.82, 2.24) is 4.90 Å². The number of carbonyl (C=O) groups excluding carboxylic acids is 1. The molecule has 0 atom stereocenters. The molecule has 0 saturated heterocycles. The molecule has 0 aromatic heterocycles. The zero-order valence-corrected chi connectivity index (χ0v) is 15.6. The van der Waals surface area contributed by atoms with Crippen LogP contribution in [0, 0.1) is 5.92 Å². The van der Waals surface area contributed by atoms with E-state index in [9.17, 15) is 4.79 Å². The summed E-state index contributed by atoms with van der Waals surface area (Å²) in [4.78, 5) is 15.0. The summed E-state index contributed by atoms with van der Waals surface area (Å²) in [5.41, 5.74) is 2.27. The van der Waals surface area contributed by atoms with Gasteiger partial charge in [-0.25, -0.2) is 0 Å². The molecule has 0 heterocycles. The molecule has 2 nitrogen and oxygen atoms in total. The quantitative estimate of drug-likeness (QED) is 0.521. The molecule has 27 heavy (non-hydrogen) atoms. The second-order valence-corrected chi connectivity index (χ2v) is 7.40. The van der Waals surface area contributed by atoms with Crippen LogP contribution in [0.3, 0.4) is 0 Å². The summed E-state index contributed by atoms with van der Waals surface area (Å²) >= 11 is 0. The third kappa shape index (κ3) is 4.28. The van der Waals surface area contributed by atoms with Gasteiger partial charge >= 0.3 is 0 Å². The number of nitrogens with zero attached hydrogens (tertiary/aromatic N) is 1. The average Bonchev–Trinajstić information content (AvgIpc) is 2.68. The Hall–Kier alpha value is -2.87. The topological polar surface area (TPSA) is 20.3 Å². The molecule has 4 rings (SSSR count). The van der Waals surface area contributed by atoms with Gasteiger partial charge in [-0.2, -0.15) is 0 Å². The van der Waals surface area contributed by atoms with Crippen LogP contribution in [-0.2, 0) is 11.3 Å². The molecule has 1 amide bonds. The van der Waals surface area contributed by atoms with Crippen LogP contribution in [-0.4, -0.2) is 17.4 Å². The van der Waals surface area contributed by atoms with Crippen molar-refractivity contribution in [2.45, 2.75) is 25.8 Å². The van der Waals surface area contributed by atoms with E-state index in [2.05, 4.69) is 36.4 Å². The standard InChI is InChI=1S/C25H25NO/c27-25(17-16-23-14-7-13-22-12-4-5-15-24(22)23)26(19-21-10-6-11-21)18-20-8-2-1-3-9-20/h1-5,7-9,12-17,21H,6,10-11,18-19H2/b17-16+. The largest absolute Gasteiger partial charge is 0.335 e. The minimum atomic E-state index is 0.0960. The minimum Gasteiger partial charge on any atom is -0.335 e. The number of benzene rings is 3. The summed E-state index contributed by atoms with van der Waals surface area (Å²) in [5.74, 6) is 0.752. The maximum Gasteiger partial charge on any atom is 0.246 e. The van der Waals surface area contributed by atoms with E-state index in [-0.39, 0.29) is 5.91 Å². The molecule has 1 saturated carbocycles. The molecule has 1 fully saturated rings. The number of fused-ring (bicyclic) bond motifs is 1. The lowest BCUT2D eigenvalue weighted by Gasteiger charge is -2.32. The van der Waals surface area contributed by atoms with Gasteiger partial charge in [0, 0.05) is 19.2 Å². The number of hydrogen-bond acceptors (Lipinski definition) is 1. The zero-order chi connectivity index (χ0) is 18.5. The Morgan fingerprint density at radius 1 is 0.926 bits per heavy atom. The number of hydrogen-bond donors (Lipinski definition) is 0. The normalized spacial score (nSPS) is 14.4. The Morgan fingerprint density at radius 2 is 1.67 bits per heavy atom. The summed E-state index contributed by atoms with van der Waals surface area (Å²) in [6, 6.07) is 24.8. The molecular weight excluding hydrogens is 330 g/mol. The lowest BCUT2D eigenvalue weighted by atomic mass is 9.85. The fourth-order valence-electron chi connectivity index (χ4n) is 3.69. The van der Waals surface area contributed by atoms with Crippen LogP contribution in [0.1, 0.15) is 30.4 Å². The van der Waals surface area contributed by atoms with Crippen molar-refractivity contribution < 1.29 is 4.79 Å². The Balaban J connectivity index is 1.54. The maximum atomic E-state index is 13.0. The van der Waals surface area contributed by atoms with Crippen molar-refractivity contribution in [3.8, 4) is 0 Å². The Bertz CT molecular complexity index is 935. The van der Waals surface area contributed by atoms with E-state index in [1.165, 1.54) is 35.6 Å². The number of carbonyl (C=O) groups is 1. The van der Waals surface area contributed by atoms with Crippen LogP contribution in [0.15, 0.2) is 78.9 Å². The molecule has 0 aliphatic heterocycles. The van der Waals surface area contributed by atoms with Gasteiger partial charge in [0.1, 0.15) is 0 Å². The average molecular weight is 355 g/mol. The van der Waals surface area contributed by atoms with E-state index >= 15 is 0 Å². The molecule has 2 heteroatoms. The third-order valence-electron chi connectivity index (χ3n) is 5.46. The van der Waals surface area contributed by atoms with Gasteiger partial charge in [-0.05, 0) is 46.7 Å². The van der Waals surface area contributed by atoms with Gasteiger partial charge in [-0.15, -0.1) is 0 Å². The van der Waals surface area contributed by atoms with Crippen molar-refractivity contribution in [3.63, 3.8) is 0 Å². The van der Waals surface area contributed by atoms with Crippen LogP contribution in [0.25, 0.3) is 16.8 Å². The van der Waals surface area contributed by atoms with Crippen molar-refractivity contribution in [3.05, 3.63) is 90.0 Å². The van der Waals surface area contributed by atoms with E-state index in [0.29, 0.717) is 12.5 Å². The zero-order valence-electron chi connectivity index (χ0n) is 15.6. The first kappa shape index (κ1) is 17.5. The fraction of sp³-hybridized carbons (Fsp3) is 0.240. The molecule has 0 unspecified atom stereocenters. The van der Waals surface area contributed by atoms with Crippen molar-refractivity contribution in [2.75, 3.05) is 6.54 Å². The minimum absolute atomic E-state index is 0.0960. The summed E-state index contributed by atoms with van der Waals surface area (Å²) in [6.07, 6.45) is 7.48. The molecule has 3 aromatic rings. The van der Waals surface area contributed by atoms with Crippen molar-refractivity contribution in [1.29, 1.82) is 0 Å². The third-order valence-corrected chi connectivity index (χ3v) is 5.46.